The molecule has 1 unspecified atom stereocenters. The highest BCUT2D eigenvalue weighted by molar-refractivity contribution is 6.29. The van der Waals surface area contributed by atoms with Crippen molar-refractivity contribution in [2.45, 2.75) is 19.9 Å². The van der Waals surface area contributed by atoms with E-state index in [9.17, 15) is 4.79 Å². The lowest BCUT2D eigenvalue weighted by Crippen LogP contribution is -2.26. The van der Waals surface area contributed by atoms with Crippen LogP contribution < -0.4 is 10.1 Å². The first kappa shape index (κ1) is 18.6. The fraction of sp³-hybridized carbons (Fsp3) is 0.350. The van der Waals surface area contributed by atoms with E-state index in [1.165, 1.54) is 0 Å². The molecular weight excluding hydrogens is 380 g/mol. The molecule has 1 aliphatic rings. The Hall–Kier alpha value is -2.80. The second kappa shape index (κ2) is 8.06. The molecule has 8 heteroatoms. The van der Waals surface area contributed by atoms with Gasteiger partial charge in [-0.1, -0.05) is 6.07 Å². The third kappa shape index (κ3) is 4.04. The van der Waals surface area contributed by atoms with E-state index >= 15 is 0 Å². The van der Waals surface area contributed by atoms with Gasteiger partial charge in [-0.25, -0.2) is 9.97 Å². The molecule has 28 heavy (non-hydrogen) atoms. The predicted molar refractivity (Wildman–Crippen MR) is 106 cm³/mol. The van der Waals surface area contributed by atoms with Crippen LogP contribution in [0.5, 0.6) is 5.75 Å². The summed E-state index contributed by atoms with van der Waals surface area (Å²) in [5, 5.41) is 4.22. The zero-order valence-electron chi connectivity index (χ0n) is 15.5. The highest BCUT2D eigenvalue weighted by Gasteiger charge is 2.25. The van der Waals surface area contributed by atoms with Gasteiger partial charge in [-0.15, -0.1) is 0 Å². The van der Waals surface area contributed by atoms with Crippen LogP contribution in [0.15, 0.2) is 41.0 Å². The standard InChI is InChI=1S/C20H21ClN4O3/c1-13(26)25-8-7-14(11-25)12-28-17-6-2-5-16-18(17)23-20(21)24-19(16)22-10-15-4-3-9-27-15/h2-6,9,14H,7-8,10-12H2,1H3,(H,22,23,24). The van der Waals surface area contributed by atoms with Crippen molar-refractivity contribution in [3.63, 3.8) is 0 Å². The van der Waals surface area contributed by atoms with Gasteiger partial charge in [0.1, 0.15) is 22.8 Å². The van der Waals surface area contributed by atoms with Gasteiger partial charge < -0.3 is 19.4 Å². The minimum absolute atomic E-state index is 0.111. The number of para-hydroxylation sites is 1. The van der Waals surface area contributed by atoms with Crippen LogP contribution in [0, 0.1) is 5.92 Å². The number of ether oxygens (including phenoxy) is 1. The summed E-state index contributed by atoms with van der Waals surface area (Å²) in [7, 11) is 0. The normalized spacial score (nSPS) is 16.5. The number of nitrogens with one attached hydrogen (secondary N) is 1. The largest absolute Gasteiger partial charge is 0.491 e. The molecule has 0 saturated carbocycles. The molecule has 1 atom stereocenters. The van der Waals surface area contributed by atoms with Crippen LogP contribution in [-0.2, 0) is 11.3 Å². The van der Waals surface area contributed by atoms with Gasteiger partial charge in [0.25, 0.3) is 0 Å². The van der Waals surface area contributed by atoms with Gasteiger partial charge >= 0.3 is 0 Å². The maximum Gasteiger partial charge on any atom is 0.225 e. The fourth-order valence-corrected chi connectivity index (χ4v) is 3.57. The molecule has 1 fully saturated rings. The van der Waals surface area contributed by atoms with Gasteiger partial charge in [0, 0.05) is 31.3 Å². The first-order valence-corrected chi connectivity index (χ1v) is 9.59. The molecule has 7 nitrogen and oxygen atoms in total. The average Bonchev–Trinajstić information content (AvgIpc) is 3.36. The number of fused-ring (bicyclic) bond motifs is 1. The number of likely N-dealkylation sites (tertiary alicyclic amines) is 1. The number of carbonyl (C=O) groups excluding carboxylic acids is 1. The lowest BCUT2D eigenvalue weighted by Gasteiger charge is -2.16. The maximum absolute atomic E-state index is 11.5. The molecule has 3 heterocycles. The second-order valence-electron chi connectivity index (χ2n) is 6.86. The van der Waals surface area contributed by atoms with E-state index in [0.29, 0.717) is 36.2 Å². The molecule has 0 aliphatic carbocycles. The quantitative estimate of drug-likeness (QED) is 0.635. The summed E-state index contributed by atoms with van der Waals surface area (Å²) in [6.07, 6.45) is 2.57. The van der Waals surface area contributed by atoms with E-state index in [1.54, 1.807) is 13.2 Å². The number of aromatic nitrogens is 2. The first-order chi connectivity index (χ1) is 13.6. The Morgan fingerprint density at radius 1 is 1.36 bits per heavy atom. The number of nitrogens with zero attached hydrogens (tertiary/aromatic N) is 3. The molecule has 1 aliphatic heterocycles. The monoisotopic (exact) mass is 400 g/mol. The van der Waals surface area contributed by atoms with Crippen molar-refractivity contribution in [1.29, 1.82) is 0 Å². The van der Waals surface area contributed by atoms with E-state index in [2.05, 4.69) is 15.3 Å². The van der Waals surface area contributed by atoms with Crippen molar-refractivity contribution in [1.82, 2.24) is 14.9 Å². The third-order valence-corrected chi connectivity index (χ3v) is 5.05. The number of anilines is 1. The topological polar surface area (TPSA) is 80.5 Å². The van der Waals surface area contributed by atoms with Crippen LogP contribution in [0.4, 0.5) is 5.82 Å². The Labute approximate surface area is 167 Å². The molecule has 1 saturated heterocycles. The minimum Gasteiger partial charge on any atom is -0.491 e. The highest BCUT2D eigenvalue weighted by atomic mass is 35.5. The molecule has 4 rings (SSSR count). The number of benzene rings is 1. The van der Waals surface area contributed by atoms with Crippen LogP contribution in [0.2, 0.25) is 5.28 Å². The van der Waals surface area contributed by atoms with E-state index < -0.39 is 0 Å². The number of hydrogen-bond acceptors (Lipinski definition) is 6. The van der Waals surface area contributed by atoms with Crippen molar-refractivity contribution in [3.8, 4) is 5.75 Å². The van der Waals surface area contributed by atoms with Gasteiger partial charge in [0.15, 0.2) is 0 Å². The van der Waals surface area contributed by atoms with Gasteiger partial charge in [0.2, 0.25) is 11.2 Å². The second-order valence-corrected chi connectivity index (χ2v) is 7.20. The SMILES string of the molecule is CC(=O)N1CCC(COc2cccc3c(NCc4ccco4)nc(Cl)nc23)C1. The molecular formula is C20H21ClN4O3. The Morgan fingerprint density at radius 2 is 2.25 bits per heavy atom. The molecule has 1 amide bonds. The summed E-state index contributed by atoms with van der Waals surface area (Å²) in [5.74, 6) is 2.50. The van der Waals surface area contributed by atoms with Crippen LogP contribution in [0.3, 0.4) is 0 Å². The summed E-state index contributed by atoms with van der Waals surface area (Å²) in [4.78, 5) is 22.0. The molecule has 1 aromatic carbocycles. The summed E-state index contributed by atoms with van der Waals surface area (Å²) in [6, 6.07) is 9.43. The number of amides is 1. The van der Waals surface area contributed by atoms with Crippen LogP contribution in [0.1, 0.15) is 19.1 Å². The highest BCUT2D eigenvalue weighted by Crippen LogP contribution is 2.30. The first-order valence-electron chi connectivity index (χ1n) is 9.21. The smallest absolute Gasteiger partial charge is 0.225 e. The van der Waals surface area contributed by atoms with Gasteiger partial charge in [-0.3, -0.25) is 4.79 Å². The van der Waals surface area contributed by atoms with Gasteiger partial charge in [-0.05, 0) is 42.3 Å². The van der Waals surface area contributed by atoms with Crippen LogP contribution in [0.25, 0.3) is 10.9 Å². The van der Waals surface area contributed by atoms with Gasteiger partial charge in [0.05, 0.1) is 19.4 Å². The summed E-state index contributed by atoms with van der Waals surface area (Å²) in [5.41, 5.74) is 0.658. The van der Waals surface area contributed by atoms with Crippen molar-refractivity contribution >= 4 is 34.2 Å². The Balaban J connectivity index is 1.52. The van der Waals surface area contributed by atoms with Crippen molar-refractivity contribution < 1.29 is 13.9 Å². The van der Waals surface area contributed by atoms with E-state index in [0.717, 1.165) is 30.7 Å². The summed E-state index contributed by atoms with van der Waals surface area (Å²) >= 11 is 6.15. The molecule has 146 valence electrons. The maximum atomic E-state index is 11.5. The molecule has 2 aromatic heterocycles. The van der Waals surface area contributed by atoms with Crippen molar-refractivity contribution in [3.05, 3.63) is 47.6 Å². The average molecular weight is 401 g/mol. The lowest BCUT2D eigenvalue weighted by molar-refractivity contribution is -0.127. The number of halogens is 1. The number of carbonyl (C=O) groups is 1. The van der Waals surface area contributed by atoms with Crippen molar-refractivity contribution in [2.24, 2.45) is 5.92 Å². The Bertz CT molecular complexity index is 977. The summed E-state index contributed by atoms with van der Waals surface area (Å²) in [6.45, 7) is 4.13. The summed E-state index contributed by atoms with van der Waals surface area (Å²) < 4.78 is 11.4. The van der Waals surface area contributed by atoms with E-state index in [-0.39, 0.29) is 11.2 Å². The Morgan fingerprint density at radius 3 is 3.00 bits per heavy atom. The fourth-order valence-electron chi connectivity index (χ4n) is 3.40. The number of rotatable bonds is 6. The predicted octanol–water partition coefficient (Wildman–Crippen LogP) is 3.74. The molecule has 0 bridgehead atoms. The molecule has 3 aromatic rings. The van der Waals surface area contributed by atoms with Crippen LogP contribution >= 0.6 is 11.6 Å². The molecule has 0 spiro atoms. The van der Waals surface area contributed by atoms with Crippen molar-refractivity contribution in [2.75, 3.05) is 25.0 Å². The zero-order valence-corrected chi connectivity index (χ0v) is 16.3. The zero-order chi connectivity index (χ0) is 19.5. The van der Waals surface area contributed by atoms with Gasteiger partial charge in [-0.2, -0.15) is 0 Å². The Kier molecular flexibility index (Phi) is 5.34. The lowest BCUT2D eigenvalue weighted by atomic mass is 10.1. The van der Waals surface area contributed by atoms with E-state index in [1.807, 2.05) is 35.2 Å². The van der Waals surface area contributed by atoms with E-state index in [4.69, 9.17) is 20.8 Å². The third-order valence-electron chi connectivity index (χ3n) is 4.88. The van der Waals surface area contributed by atoms with Crippen LogP contribution in [-0.4, -0.2) is 40.5 Å². The molecule has 0 radical (unpaired) electrons. The number of hydrogen-bond donors (Lipinski definition) is 1. The molecule has 1 N–H and O–H groups in total. The minimum atomic E-state index is 0.111. The number of furan rings is 1.